The van der Waals surface area contributed by atoms with Crippen molar-refractivity contribution in [2.75, 3.05) is 31.0 Å². The molecule has 0 aliphatic carbocycles. The lowest BCUT2D eigenvalue weighted by atomic mass is 10.2. The molecular weight excluding hydrogens is 493 g/mol. The molecule has 0 radical (unpaired) electrons. The highest BCUT2D eigenvalue weighted by molar-refractivity contribution is 8.13. The van der Waals surface area contributed by atoms with E-state index in [0.717, 1.165) is 22.9 Å². The van der Waals surface area contributed by atoms with Gasteiger partial charge in [-0.25, -0.2) is 4.98 Å². The maximum atomic E-state index is 13.3. The Morgan fingerprint density at radius 2 is 2.06 bits per heavy atom. The number of thioether (sulfide) groups is 1. The zero-order valence-electron chi connectivity index (χ0n) is 19.3. The second-order valence-electron chi connectivity index (χ2n) is 7.52. The summed E-state index contributed by atoms with van der Waals surface area (Å²) in [6, 6.07) is 7.64. The van der Waals surface area contributed by atoms with Gasteiger partial charge in [0.05, 0.1) is 26.1 Å². The summed E-state index contributed by atoms with van der Waals surface area (Å²) in [6.07, 6.45) is 2.96. The zero-order chi connectivity index (χ0) is 25.3. The van der Waals surface area contributed by atoms with Crippen molar-refractivity contribution in [1.29, 1.82) is 0 Å². The molecule has 1 unspecified atom stereocenters. The number of carbonyl (C=O) groups excluding carboxylic acids is 1. The van der Waals surface area contributed by atoms with Gasteiger partial charge in [0.1, 0.15) is 6.35 Å². The monoisotopic (exact) mass is 521 g/mol. The van der Waals surface area contributed by atoms with Gasteiger partial charge in [0, 0.05) is 18.7 Å². The van der Waals surface area contributed by atoms with Crippen molar-refractivity contribution in [1.82, 2.24) is 19.5 Å². The average molecular weight is 522 g/mol. The number of nitrogen functional groups attached to an aromatic ring is 1. The average Bonchev–Trinajstić information content (AvgIpc) is 3.23. The summed E-state index contributed by atoms with van der Waals surface area (Å²) in [4.78, 5) is 34.1. The number of H-pyrrole nitrogens is 1. The minimum absolute atomic E-state index is 0.0167. The number of carbonyl (C=O) groups is 1. The second-order valence-corrected chi connectivity index (χ2v) is 10.7. The molecule has 0 aliphatic heterocycles. The second kappa shape index (κ2) is 12.8. The molecule has 0 spiro atoms. The number of imidazole rings is 1. The van der Waals surface area contributed by atoms with Gasteiger partial charge in [0.2, 0.25) is 5.95 Å². The Morgan fingerprint density at radius 3 is 2.80 bits per heavy atom. The number of aryl methyl sites for hydroxylation is 1. The number of anilines is 1. The van der Waals surface area contributed by atoms with Gasteiger partial charge < -0.3 is 24.1 Å². The van der Waals surface area contributed by atoms with E-state index < -0.39 is 13.2 Å². The first kappa shape index (κ1) is 26.8. The Bertz CT molecular complexity index is 1260. The van der Waals surface area contributed by atoms with Crippen molar-refractivity contribution in [3.05, 3.63) is 64.7 Å². The van der Waals surface area contributed by atoms with E-state index in [0.29, 0.717) is 11.4 Å². The van der Waals surface area contributed by atoms with Crippen LogP contribution in [0.5, 0.6) is 0 Å². The Balaban J connectivity index is 1.57. The summed E-state index contributed by atoms with van der Waals surface area (Å²) < 4.78 is 31.8. The number of aromatic nitrogens is 4. The Morgan fingerprint density at radius 1 is 1.29 bits per heavy atom. The number of fused-ring (bicyclic) bond motifs is 1. The van der Waals surface area contributed by atoms with E-state index in [-0.39, 0.29) is 55.7 Å². The highest BCUT2D eigenvalue weighted by atomic mass is 32.2. The number of hydrogen-bond donors (Lipinski definition) is 2. The van der Waals surface area contributed by atoms with E-state index in [1.165, 1.54) is 12.4 Å². The number of rotatable bonds is 14. The third-order valence-corrected chi connectivity index (χ3v) is 7.17. The number of aromatic amines is 1. The van der Waals surface area contributed by atoms with E-state index in [2.05, 4.69) is 21.5 Å². The van der Waals surface area contributed by atoms with Gasteiger partial charge in [-0.05, 0) is 12.5 Å². The van der Waals surface area contributed by atoms with Crippen molar-refractivity contribution < 1.29 is 23.1 Å². The van der Waals surface area contributed by atoms with Crippen molar-refractivity contribution in [2.24, 2.45) is 0 Å². The van der Waals surface area contributed by atoms with E-state index in [1.807, 2.05) is 31.2 Å². The summed E-state index contributed by atoms with van der Waals surface area (Å²) in [6.45, 7) is 6.07. The van der Waals surface area contributed by atoms with Crippen LogP contribution in [0.15, 0.2) is 48.0 Å². The number of nitrogens with one attached hydrogen (secondary N) is 1. The molecule has 1 aromatic carbocycles. The molecule has 3 N–H and O–H groups in total. The first-order valence-electron chi connectivity index (χ1n) is 10.8. The Labute approximate surface area is 206 Å². The molecule has 2 aromatic heterocycles. The van der Waals surface area contributed by atoms with E-state index in [4.69, 9.17) is 19.5 Å². The Hall–Kier alpha value is -2.76. The lowest BCUT2D eigenvalue weighted by molar-refractivity contribution is -0.110. The molecule has 11 nitrogen and oxygen atoms in total. The summed E-state index contributed by atoms with van der Waals surface area (Å²) in [5.74, 6) is 0.310. The number of ether oxygens (including phenoxy) is 1. The van der Waals surface area contributed by atoms with Crippen LogP contribution in [0.3, 0.4) is 0 Å². The van der Waals surface area contributed by atoms with Crippen LogP contribution < -0.4 is 11.3 Å². The molecule has 3 aromatic rings. The molecule has 0 saturated heterocycles. The zero-order valence-corrected chi connectivity index (χ0v) is 21.1. The largest absolute Gasteiger partial charge is 0.369 e. The summed E-state index contributed by atoms with van der Waals surface area (Å²) in [5, 5.41) is -0.0455. The van der Waals surface area contributed by atoms with Gasteiger partial charge >= 0.3 is 7.60 Å². The van der Waals surface area contributed by atoms with Crippen LogP contribution in [0.25, 0.3) is 11.2 Å². The lowest BCUT2D eigenvalue weighted by Crippen LogP contribution is -2.13. The van der Waals surface area contributed by atoms with Crippen molar-refractivity contribution in [3.8, 4) is 0 Å². The molecule has 188 valence electrons. The minimum Gasteiger partial charge on any atom is -0.369 e. The maximum absolute atomic E-state index is 13.3. The molecule has 0 saturated carbocycles. The summed E-state index contributed by atoms with van der Waals surface area (Å²) in [7, 11) is -3.62. The molecule has 13 heteroatoms. The third kappa shape index (κ3) is 8.15. The van der Waals surface area contributed by atoms with Gasteiger partial charge in [-0.15, -0.1) is 6.58 Å². The fourth-order valence-corrected chi connectivity index (χ4v) is 5.00. The fourth-order valence-electron chi connectivity index (χ4n) is 2.95. The quantitative estimate of drug-likeness (QED) is 0.184. The SMILES string of the molecule is C=CCC(=O)SCCOP(=O)(COCCn1cnc2c(=O)[nH]c(N)nc21)OCc1ccc(C)cc1. The molecule has 0 bridgehead atoms. The van der Waals surface area contributed by atoms with Gasteiger partial charge in [0.15, 0.2) is 16.3 Å². The van der Waals surface area contributed by atoms with Crippen LogP contribution in [0, 0.1) is 6.92 Å². The van der Waals surface area contributed by atoms with Crippen LogP contribution >= 0.6 is 19.4 Å². The van der Waals surface area contributed by atoms with Gasteiger partial charge in [-0.3, -0.25) is 19.1 Å². The van der Waals surface area contributed by atoms with Gasteiger partial charge in [-0.2, -0.15) is 4.98 Å². The molecule has 0 aliphatic rings. The standard InChI is InChI=1S/C22H28N5O6PS/c1-3-4-18(28)35-12-11-32-34(30,33-13-17-7-5-16(2)6-8-17)15-31-10-9-27-14-24-19-20(27)25-22(23)26-21(19)29/h3,5-8,14H,1,4,9-13,15H2,2H3,(H3,23,25,26,29). The normalized spacial score (nSPS) is 13.1. The van der Waals surface area contributed by atoms with Crippen molar-refractivity contribution in [3.63, 3.8) is 0 Å². The van der Waals surface area contributed by atoms with Crippen molar-refractivity contribution in [2.45, 2.75) is 26.5 Å². The maximum Gasteiger partial charge on any atom is 0.356 e. The van der Waals surface area contributed by atoms with Crippen LogP contribution in [-0.4, -0.2) is 49.9 Å². The number of nitrogens with two attached hydrogens (primary N) is 1. The minimum atomic E-state index is -3.62. The van der Waals surface area contributed by atoms with Gasteiger partial charge in [-0.1, -0.05) is 47.7 Å². The van der Waals surface area contributed by atoms with E-state index >= 15 is 0 Å². The van der Waals surface area contributed by atoms with Crippen LogP contribution in [0.4, 0.5) is 5.95 Å². The molecular formula is C22H28N5O6PS. The van der Waals surface area contributed by atoms with E-state index in [9.17, 15) is 14.2 Å². The molecule has 2 heterocycles. The molecule has 3 rings (SSSR count). The first-order valence-corrected chi connectivity index (χ1v) is 13.5. The highest BCUT2D eigenvalue weighted by Gasteiger charge is 2.25. The fraction of sp³-hybridized carbons (Fsp3) is 0.364. The Kier molecular flexibility index (Phi) is 9.82. The first-order chi connectivity index (χ1) is 16.8. The molecule has 0 fully saturated rings. The van der Waals surface area contributed by atoms with Crippen LogP contribution in [-0.2, 0) is 36.3 Å². The predicted octanol–water partition coefficient (Wildman–Crippen LogP) is 3.25. The molecule has 0 amide bonds. The number of allylic oxidation sites excluding steroid dienone is 1. The van der Waals surface area contributed by atoms with Gasteiger partial charge in [0.25, 0.3) is 5.56 Å². The van der Waals surface area contributed by atoms with Crippen molar-refractivity contribution >= 4 is 41.6 Å². The molecule has 35 heavy (non-hydrogen) atoms. The summed E-state index contributed by atoms with van der Waals surface area (Å²) in [5.41, 5.74) is 7.61. The topological polar surface area (TPSA) is 151 Å². The van der Waals surface area contributed by atoms with Crippen LogP contribution in [0.1, 0.15) is 17.5 Å². The smallest absolute Gasteiger partial charge is 0.356 e. The number of hydrogen-bond acceptors (Lipinski definition) is 10. The highest BCUT2D eigenvalue weighted by Crippen LogP contribution is 2.49. The van der Waals surface area contributed by atoms with E-state index in [1.54, 1.807) is 4.57 Å². The summed E-state index contributed by atoms with van der Waals surface area (Å²) >= 11 is 1.08. The predicted molar refractivity (Wildman–Crippen MR) is 135 cm³/mol. The number of nitrogens with zero attached hydrogens (tertiary/aromatic N) is 3. The molecule has 1 atom stereocenters. The number of benzene rings is 1. The lowest BCUT2D eigenvalue weighted by Gasteiger charge is -2.19. The van der Waals surface area contributed by atoms with Crippen LogP contribution in [0.2, 0.25) is 0 Å². The third-order valence-electron chi connectivity index (χ3n) is 4.71.